The van der Waals surface area contributed by atoms with Crippen molar-refractivity contribution in [1.29, 1.82) is 0 Å². The van der Waals surface area contributed by atoms with Crippen molar-refractivity contribution in [2.24, 2.45) is 16.6 Å². The van der Waals surface area contributed by atoms with Crippen molar-refractivity contribution in [3.05, 3.63) is 11.8 Å². The Hall–Kier alpha value is -0.790. The molecule has 0 amide bonds. The molecule has 0 aromatic heterocycles. The van der Waals surface area contributed by atoms with Gasteiger partial charge in [-0.15, -0.1) is 0 Å². The molecule has 0 rings (SSSR count). The zero-order chi connectivity index (χ0) is 8.69. The average Bonchev–Trinajstić information content (AvgIpc) is 1.97. The highest BCUT2D eigenvalue weighted by molar-refractivity contribution is 5.53. The van der Waals surface area contributed by atoms with Crippen molar-refractivity contribution in [3.8, 4) is 0 Å². The maximum atomic E-state index is 5.21. The maximum absolute atomic E-state index is 5.21. The van der Waals surface area contributed by atoms with E-state index < -0.39 is 0 Å². The van der Waals surface area contributed by atoms with Gasteiger partial charge < -0.3 is 5.73 Å². The molecule has 0 aliphatic carbocycles. The average molecular weight is 154 g/mol. The summed E-state index contributed by atoms with van der Waals surface area (Å²) in [5.74, 6) is 0.473. The summed E-state index contributed by atoms with van der Waals surface area (Å²) in [6, 6.07) is 0. The Kier molecular flexibility index (Phi) is 5.53. The highest BCUT2D eigenvalue weighted by atomic mass is 14.8. The smallest absolute Gasteiger partial charge is 0.0856 e. The van der Waals surface area contributed by atoms with Crippen LogP contribution < -0.4 is 5.73 Å². The Morgan fingerprint density at radius 3 is 2.55 bits per heavy atom. The van der Waals surface area contributed by atoms with Gasteiger partial charge in [0.1, 0.15) is 0 Å². The van der Waals surface area contributed by atoms with Crippen LogP contribution in [0.3, 0.4) is 0 Å². The van der Waals surface area contributed by atoms with Crippen LogP contribution in [0.5, 0.6) is 0 Å². The molecule has 2 heteroatoms. The van der Waals surface area contributed by atoms with E-state index in [1.54, 1.807) is 0 Å². The molecule has 0 fully saturated rings. The minimum Gasteiger partial charge on any atom is -0.390 e. The first-order valence-electron chi connectivity index (χ1n) is 4.16. The minimum atomic E-state index is 0.473. The number of hydrogen-bond donors (Lipinski definition) is 1. The maximum Gasteiger partial charge on any atom is 0.0856 e. The van der Waals surface area contributed by atoms with Gasteiger partial charge in [0, 0.05) is 5.70 Å². The number of nitrogens with two attached hydrogens (primary N) is 1. The molecule has 0 bridgehead atoms. The summed E-state index contributed by atoms with van der Waals surface area (Å²) in [5.41, 5.74) is 6.30. The van der Waals surface area contributed by atoms with Crippen LogP contribution in [-0.2, 0) is 0 Å². The van der Waals surface area contributed by atoms with Crippen molar-refractivity contribution >= 4 is 6.34 Å². The van der Waals surface area contributed by atoms with Crippen molar-refractivity contribution in [3.63, 3.8) is 0 Å². The third kappa shape index (κ3) is 4.59. The zero-order valence-corrected chi connectivity index (χ0v) is 7.67. The first-order chi connectivity index (χ1) is 5.22. The second-order valence-electron chi connectivity index (χ2n) is 2.85. The van der Waals surface area contributed by atoms with Gasteiger partial charge in [-0.25, -0.2) is 4.99 Å². The Morgan fingerprint density at radius 2 is 2.18 bits per heavy atom. The van der Waals surface area contributed by atoms with Crippen molar-refractivity contribution in [2.45, 2.75) is 33.6 Å². The first-order valence-corrected chi connectivity index (χ1v) is 4.16. The zero-order valence-electron chi connectivity index (χ0n) is 7.67. The highest BCUT2D eigenvalue weighted by Crippen LogP contribution is 2.11. The predicted octanol–water partition coefficient (Wildman–Crippen LogP) is 2.31. The number of nitrogens with zero attached hydrogens (tertiary/aromatic N) is 1. The quantitative estimate of drug-likeness (QED) is 0.489. The van der Waals surface area contributed by atoms with Gasteiger partial charge in [-0.2, -0.15) is 0 Å². The molecule has 0 saturated carbocycles. The molecule has 2 N–H and O–H groups in total. The molecule has 0 saturated heterocycles. The van der Waals surface area contributed by atoms with E-state index in [-0.39, 0.29) is 0 Å². The standard InChI is InChI=1S/C9H18N2/c1-4-5-6-9(8(2)3)11-7-10/h6-8H,4-5H2,1-3H3,(H2,10,11)/b9-6-. The first kappa shape index (κ1) is 10.2. The Bertz CT molecular complexity index is 146. The van der Waals surface area contributed by atoms with Gasteiger partial charge in [0.05, 0.1) is 6.34 Å². The molecular weight excluding hydrogens is 136 g/mol. The lowest BCUT2D eigenvalue weighted by molar-refractivity contribution is 0.747. The number of allylic oxidation sites excluding steroid dienone is 2. The van der Waals surface area contributed by atoms with Gasteiger partial charge in [-0.1, -0.05) is 33.3 Å². The van der Waals surface area contributed by atoms with E-state index in [1.165, 1.54) is 6.34 Å². The lowest BCUT2D eigenvalue weighted by Gasteiger charge is -2.03. The van der Waals surface area contributed by atoms with Gasteiger partial charge in [-0.3, -0.25) is 0 Å². The topological polar surface area (TPSA) is 38.4 Å². The molecule has 64 valence electrons. The van der Waals surface area contributed by atoms with Crippen LogP contribution in [0.4, 0.5) is 0 Å². The SMILES string of the molecule is CCC/C=C(\N=CN)C(C)C. The van der Waals surface area contributed by atoms with E-state index in [0.717, 1.165) is 18.5 Å². The summed E-state index contributed by atoms with van der Waals surface area (Å²) < 4.78 is 0. The lowest BCUT2D eigenvalue weighted by Crippen LogP contribution is -1.95. The van der Waals surface area contributed by atoms with E-state index in [1.807, 2.05) is 0 Å². The van der Waals surface area contributed by atoms with Gasteiger partial charge in [0.25, 0.3) is 0 Å². The highest BCUT2D eigenvalue weighted by Gasteiger charge is 1.98. The molecule has 0 spiro atoms. The van der Waals surface area contributed by atoms with Crippen molar-refractivity contribution in [2.75, 3.05) is 0 Å². The molecule has 2 nitrogen and oxygen atoms in total. The molecule has 0 atom stereocenters. The summed E-state index contributed by atoms with van der Waals surface area (Å²) in [4.78, 5) is 4.08. The Balaban J connectivity index is 4.08. The molecule has 0 aliphatic rings. The van der Waals surface area contributed by atoms with Crippen LogP contribution in [0.1, 0.15) is 33.6 Å². The lowest BCUT2D eigenvalue weighted by atomic mass is 10.1. The summed E-state index contributed by atoms with van der Waals surface area (Å²) in [5, 5.41) is 0. The summed E-state index contributed by atoms with van der Waals surface area (Å²) >= 11 is 0. The molecule has 0 aliphatic heterocycles. The monoisotopic (exact) mass is 154 g/mol. The summed E-state index contributed by atoms with van der Waals surface area (Å²) in [6.07, 6.45) is 5.76. The second kappa shape index (κ2) is 5.96. The van der Waals surface area contributed by atoms with E-state index in [2.05, 4.69) is 31.8 Å². The fraction of sp³-hybridized carbons (Fsp3) is 0.667. The largest absolute Gasteiger partial charge is 0.390 e. The molecule has 0 unspecified atom stereocenters. The minimum absolute atomic E-state index is 0.473. The van der Waals surface area contributed by atoms with Crippen LogP contribution in [0.15, 0.2) is 16.8 Å². The number of rotatable bonds is 4. The van der Waals surface area contributed by atoms with Crippen molar-refractivity contribution in [1.82, 2.24) is 0 Å². The predicted molar refractivity (Wildman–Crippen MR) is 50.5 cm³/mol. The van der Waals surface area contributed by atoms with Gasteiger partial charge >= 0.3 is 0 Å². The number of unbranched alkanes of at least 4 members (excludes halogenated alkanes) is 1. The van der Waals surface area contributed by atoms with Crippen LogP contribution in [0.2, 0.25) is 0 Å². The number of aliphatic imine (C=N–C) groups is 1. The van der Waals surface area contributed by atoms with Crippen LogP contribution in [0.25, 0.3) is 0 Å². The van der Waals surface area contributed by atoms with E-state index in [0.29, 0.717) is 5.92 Å². The Morgan fingerprint density at radius 1 is 1.55 bits per heavy atom. The summed E-state index contributed by atoms with van der Waals surface area (Å²) in [7, 11) is 0. The summed E-state index contributed by atoms with van der Waals surface area (Å²) in [6.45, 7) is 6.39. The van der Waals surface area contributed by atoms with Crippen LogP contribution in [0, 0.1) is 5.92 Å². The van der Waals surface area contributed by atoms with E-state index >= 15 is 0 Å². The molecule has 11 heavy (non-hydrogen) atoms. The van der Waals surface area contributed by atoms with Gasteiger partial charge in [0.15, 0.2) is 0 Å². The molecule has 0 radical (unpaired) electrons. The van der Waals surface area contributed by atoms with E-state index in [4.69, 9.17) is 5.73 Å². The number of hydrogen-bond acceptors (Lipinski definition) is 1. The fourth-order valence-corrected chi connectivity index (χ4v) is 0.816. The van der Waals surface area contributed by atoms with Gasteiger partial charge in [0.2, 0.25) is 0 Å². The van der Waals surface area contributed by atoms with E-state index in [9.17, 15) is 0 Å². The normalized spacial score (nSPS) is 13.3. The second-order valence-corrected chi connectivity index (χ2v) is 2.85. The Labute approximate surface area is 69.2 Å². The molecule has 0 aromatic carbocycles. The fourth-order valence-electron chi connectivity index (χ4n) is 0.816. The van der Waals surface area contributed by atoms with Crippen LogP contribution >= 0.6 is 0 Å². The van der Waals surface area contributed by atoms with Gasteiger partial charge in [-0.05, 0) is 12.3 Å². The van der Waals surface area contributed by atoms with Crippen molar-refractivity contribution < 1.29 is 0 Å². The van der Waals surface area contributed by atoms with Crippen LogP contribution in [-0.4, -0.2) is 6.34 Å². The third-order valence-corrected chi connectivity index (χ3v) is 1.46. The molecule has 0 heterocycles. The molecule has 0 aromatic rings. The molecular formula is C9H18N2. The third-order valence-electron chi connectivity index (χ3n) is 1.46.